The van der Waals surface area contributed by atoms with Crippen molar-refractivity contribution >= 4 is 5.91 Å². The van der Waals surface area contributed by atoms with E-state index < -0.39 is 43.1 Å². The van der Waals surface area contributed by atoms with Crippen molar-refractivity contribution in [1.82, 2.24) is 10.4 Å². The summed E-state index contributed by atoms with van der Waals surface area (Å²) in [5, 5.41) is 53.9. The van der Waals surface area contributed by atoms with Gasteiger partial charge in [-0.3, -0.25) is 9.63 Å². The number of carbonyl (C=O) groups is 1. The third-order valence-corrected chi connectivity index (χ3v) is 5.17. The molecule has 0 aliphatic carbocycles. The van der Waals surface area contributed by atoms with Crippen molar-refractivity contribution in [2.24, 2.45) is 0 Å². The van der Waals surface area contributed by atoms with Gasteiger partial charge >= 0.3 is 0 Å². The lowest BCUT2D eigenvalue weighted by molar-refractivity contribution is -0.321. The number of aliphatic hydroxyl groups is 3. The summed E-state index contributed by atoms with van der Waals surface area (Å²) in [5.41, 5.74) is 1.39. The molecule has 1 unspecified atom stereocenters. The Hall–Kier alpha value is -2.73. The minimum absolute atomic E-state index is 0.0301. The predicted molar refractivity (Wildman–Crippen MR) is 112 cm³/mol. The first-order chi connectivity index (χ1) is 15.3. The van der Waals surface area contributed by atoms with Gasteiger partial charge in [0.2, 0.25) is 5.91 Å². The highest BCUT2D eigenvalue weighted by Gasteiger charge is 2.47. The summed E-state index contributed by atoms with van der Waals surface area (Å²) in [6.07, 6.45) is -5.07. The molecule has 174 valence electrons. The third kappa shape index (κ3) is 5.74. The number of aromatic hydroxyl groups is 2. The van der Waals surface area contributed by atoms with Crippen molar-refractivity contribution in [3.05, 3.63) is 59.7 Å². The molecule has 1 aliphatic heterocycles. The van der Waals surface area contributed by atoms with Gasteiger partial charge < -0.3 is 35.6 Å². The quantitative estimate of drug-likeness (QED) is 0.242. The molecule has 1 fully saturated rings. The van der Waals surface area contributed by atoms with Crippen LogP contribution in [0.15, 0.2) is 48.5 Å². The Morgan fingerprint density at radius 2 is 1.78 bits per heavy atom. The summed E-state index contributed by atoms with van der Waals surface area (Å²) in [4.78, 5) is 17.7. The summed E-state index contributed by atoms with van der Waals surface area (Å²) in [6, 6.07) is 12.4. The number of aliphatic hydroxyl groups excluding tert-OH is 3. The van der Waals surface area contributed by atoms with E-state index in [2.05, 4.69) is 5.32 Å². The Labute approximate surface area is 185 Å². The number of amides is 1. The number of hydrogen-bond donors (Lipinski definition) is 6. The van der Waals surface area contributed by atoms with Crippen LogP contribution in [0, 0.1) is 0 Å². The van der Waals surface area contributed by atoms with Gasteiger partial charge in [0.15, 0.2) is 17.7 Å². The third-order valence-electron chi connectivity index (χ3n) is 5.17. The fourth-order valence-electron chi connectivity index (χ4n) is 3.52. The van der Waals surface area contributed by atoms with Crippen molar-refractivity contribution in [3.8, 4) is 11.5 Å². The molecular formula is C22H28N2O8. The highest BCUT2D eigenvalue weighted by Crippen LogP contribution is 2.29. The van der Waals surface area contributed by atoms with Gasteiger partial charge in [0.25, 0.3) is 0 Å². The predicted octanol–water partition coefficient (Wildman–Crippen LogP) is -0.0247. The van der Waals surface area contributed by atoms with Crippen LogP contribution in [0.25, 0.3) is 0 Å². The highest BCUT2D eigenvalue weighted by atomic mass is 16.7. The maximum absolute atomic E-state index is 11.8. The summed E-state index contributed by atoms with van der Waals surface area (Å²) < 4.78 is 5.82. The van der Waals surface area contributed by atoms with Gasteiger partial charge in [-0.15, -0.1) is 0 Å². The fourth-order valence-corrected chi connectivity index (χ4v) is 3.52. The lowest BCUT2D eigenvalue weighted by Gasteiger charge is -2.46. The Morgan fingerprint density at radius 1 is 1.06 bits per heavy atom. The van der Waals surface area contributed by atoms with E-state index in [0.717, 1.165) is 5.56 Å². The van der Waals surface area contributed by atoms with Gasteiger partial charge in [0.05, 0.1) is 25.8 Å². The average molecular weight is 448 g/mol. The molecule has 0 radical (unpaired) electrons. The van der Waals surface area contributed by atoms with Crippen molar-refractivity contribution in [1.29, 1.82) is 0 Å². The number of phenolic OH excluding ortho intramolecular Hbond substituents is 2. The van der Waals surface area contributed by atoms with Gasteiger partial charge in [-0.1, -0.05) is 36.4 Å². The Kier molecular flexibility index (Phi) is 8.02. The molecular weight excluding hydrogens is 420 g/mol. The standard InChI is InChI=1S/C22H28N2O8/c1-13(26)23-19-21(30)20(29)18(11-25)32-22(19)24(31-12-14-5-3-2-4-6-14)10-15-7-8-16(27)17(28)9-15/h2-9,18-22,25,27-30H,10-12H2,1H3,(H,23,26)/t18-,19-,20-,21-,22?/m1/s1. The first-order valence-corrected chi connectivity index (χ1v) is 10.1. The molecule has 0 aromatic heterocycles. The number of benzene rings is 2. The van der Waals surface area contributed by atoms with Gasteiger partial charge in [-0.05, 0) is 23.3 Å². The first kappa shape index (κ1) is 23.9. The highest BCUT2D eigenvalue weighted by molar-refractivity contribution is 5.73. The van der Waals surface area contributed by atoms with Gasteiger partial charge in [-0.2, -0.15) is 5.06 Å². The minimum atomic E-state index is -1.44. The number of nitrogens with one attached hydrogen (secondary N) is 1. The van der Waals surface area contributed by atoms with Crippen molar-refractivity contribution in [2.75, 3.05) is 6.61 Å². The molecule has 1 heterocycles. The monoisotopic (exact) mass is 448 g/mol. The lowest BCUT2D eigenvalue weighted by Crippen LogP contribution is -2.67. The lowest BCUT2D eigenvalue weighted by atomic mass is 9.95. The zero-order valence-electron chi connectivity index (χ0n) is 17.5. The summed E-state index contributed by atoms with van der Waals surface area (Å²) in [6.45, 7) is 0.859. The van der Waals surface area contributed by atoms with E-state index >= 15 is 0 Å². The maximum Gasteiger partial charge on any atom is 0.217 e. The molecule has 5 atom stereocenters. The Balaban J connectivity index is 1.91. The minimum Gasteiger partial charge on any atom is -0.504 e. The molecule has 1 saturated heterocycles. The molecule has 2 aromatic rings. The number of rotatable bonds is 8. The van der Waals surface area contributed by atoms with Crippen LogP contribution in [0.4, 0.5) is 0 Å². The Morgan fingerprint density at radius 3 is 2.41 bits per heavy atom. The van der Waals surface area contributed by atoms with E-state index in [1.54, 1.807) is 6.07 Å². The van der Waals surface area contributed by atoms with Crippen LogP contribution >= 0.6 is 0 Å². The van der Waals surface area contributed by atoms with E-state index in [9.17, 15) is 30.3 Å². The molecule has 32 heavy (non-hydrogen) atoms. The van der Waals surface area contributed by atoms with Crippen molar-refractivity contribution in [3.63, 3.8) is 0 Å². The van der Waals surface area contributed by atoms with Crippen LogP contribution in [0.1, 0.15) is 18.1 Å². The van der Waals surface area contributed by atoms with Crippen molar-refractivity contribution < 1.29 is 39.9 Å². The van der Waals surface area contributed by atoms with Gasteiger partial charge in [0, 0.05) is 6.92 Å². The van der Waals surface area contributed by atoms with Gasteiger partial charge in [0.1, 0.15) is 18.3 Å². The van der Waals surface area contributed by atoms with Gasteiger partial charge in [-0.25, -0.2) is 0 Å². The smallest absolute Gasteiger partial charge is 0.217 e. The number of phenols is 2. The molecule has 6 N–H and O–H groups in total. The number of hydroxylamine groups is 2. The number of hydrogen-bond acceptors (Lipinski definition) is 9. The molecule has 1 aliphatic rings. The zero-order valence-corrected chi connectivity index (χ0v) is 17.5. The van der Waals surface area contributed by atoms with E-state index in [0.29, 0.717) is 5.56 Å². The summed E-state index contributed by atoms with van der Waals surface area (Å²) in [7, 11) is 0. The van der Waals surface area contributed by atoms with Crippen LogP contribution < -0.4 is 5.32 Å². The summed E-state index contributed by atoms with van der Waals surface area (Å²) in [5.74, 6) is -1.06. The number of nitrogens with zero attached hydrogens (tertiary/aromatic N) is 1. The average Bonchev–Trinajstić information content (AvgIpc) is 2.78. The molecule has 10 nitrogen and oxygen atoms in total. The number of carbonyl (C=O) groups excluding carboxylic acids is 1. The molecule has 0 saturated carbocycles. The second kappa shape index (κ2) is 10.7. The fraction of sp³-hybridized carbons (Fsp3) is 0.409. The van der Waals surface area contributed by atoms with Crippen molar-refractivity contribution in [2.45, 2.75) is 50.7 Å². The van der Waals surface area contributed by atoms with Crippen LogP contribution in [-0.4, -0.2) is 73.7 Å². The zero-order chi connectivity index (χ0) is 23.3. The first-order valence-electron chi connectivity index (χ1n) is 10.1. The van der Waals surface area contributed by atoms with Crippen LogP contribution in [-0.2, 0) is 27.5 Å². The van der Waals surface area contributed by atoms with E-state index in [1.807, 2.05) is 30.3 Å². The maximum atomic E-state index is 11.8. The van der Waals surface area contributed by atoms with E-state index in [-0.39, 0.29) is 24.7 Å². The summed E-state index contributed by atoms with van der Waals surface area (Å²) >= 11 is 0. The van der Waals surface area contributed by atoms with Crippen LogP contribution in [0.5, 0.6) is 11.5 Å². The SMILES string of the molecule is CC(=O)N[C@H]1C(N(Cc2ccc(O)c(O)c2)OCc2ccccc2)O[C@H](CO)[C@@H](O)[C@@H]1O. The van der Waals surface area contributed by atoms with E-state index in [1.165, 1.54) is 24.1 Å². The van der Waals surface area contributed by atoms with Crippen LogP contribution in [0.2, 0.25) is 0 Å². The second-order valence-corrected chi connectivity index (χ2v) is 7.61. The van der Waals surface area contributed by atoms with Crippen LogP contribution in [0.3, 0.4) is 0 Å². The molecule has 3 rings (SSSR count). The number of ether oxygens (including phenoxy) is 1. The second-order valence-electron chi connectivity index (χ2n) is 7.61. The topological polar surface area (TPSA) is 152 Å². The normalized spacial score (nSPS) is 25.6. The Bertz CT molecular complexity index is 897. The largest absolute Gasteiger partial charge is 0.504 e. The molecule has 1 amide bonds. The molecule has 2 aromatic carbocycles. The molecule has 10 heteroatoms. The molecule has 0 spiro atoms. The molecule has 0 bridgehead atoms. The van der Waals surface area contributed by atoms with E-state index in [4.69, 9.17) is 9.57 Å².